The molecule has 0 bridgehead atoms. The molecule has 1 aromatic carbocycles. The van der Waals surface area contributed by atoms with Gasteiger partial charge in [-0.25, -0.2) is 0 Å². The molecule has 1 atom stereocenters. The Morgan fingerprint density at radius 3 is 2.42 bits per heavy atom. The molecule has 2 rings (SSSR count). The van der Waals surface area contributed by atoms with Crippen molar-refractivity contribution in [1.82, 2.24) is 10.1 Å². The molecule has 0 aliphatic rings. The van der Waals surface area contributed by atoms with Gasteiger partial charge in [0.05, 0.1) is 6.04 Å². The van der Waals surface area contributed by atoms with Crippen LogP contribution in [0.4, 0.5) is 0 Å². The molecule has 5 heteroatoms. The zero-order valence-electron chi connectivity index (χ0n) is 13.5. The standard InChI is InChI=1S/C19H21BrN2O2/c1-4-12-22(13-5-2)16(6-3)18-17(20)19(21-24-18)23-14-15-10-8-7-9-11-15/h4-11,16H,1-3,12-14H2. The Morgan fingerprint density at radius 2 is 1.83 bits per heavy atom. The van der Waals surface area contributed by atoms with Gasteiger partial charge in [-0.1, -0.05) is 48.6 Å². The van der Waals surface area contributed by atoms with Crippen LogP contribution in [-0.4, -0.2) is 23.1 Å². The highest BCUT2D eigenvalue weighted by Crippen LogP contribution is 2.35. The van der Waals surface area contributed by atoms with Crippen LogP contribution in [-0.2, 0) is 6.61 Å². The summed E-state index contributed by atoms with van der Waals surface area (Å²) >= 11 is 3.53. The van der Waals surface area contributed by atoms with Crippen LogP contribution in [0.15, 0.2) is 77.3 Å². The second-order valence-electron chi connectivity index (χ2n) is 5.15. The number of hydrogen-bond acceptors (Lipinski definition) is 4. The maximum Gasteiger partial charge on any atom is 0.269 e. The molecule has 0 saturated heterocycles. The van der Waals surface area contributed by atoms with E-state index in [0.717, 1.165) is 5.56 Å². The van der Waals surface area contributed by atoms with Crippen LogP contribution in [0.3, 0.4) is 0 Å². The number of ether oxygens (including phenoxy) is 1. The normalized spacial score (nSPS) is 11.9. The van der Waals surface area contributed by atoms with Crippen molar-refractivity contribution in [2.24, 2.45) is 0 Å². The minimum Gasteiger partial charge on any atom is -0.470 e. The van der Waals surface area contributed by atoms with Crippen molar-refractivity contribution < 1.29 is 9.26 Å². The summed E-state index contributed by atoms with van der Waals surface area (Å²) in [6, 6.07) is 9.75. The zero-order chi connectivity index (χ0) is 17.4. The van der Waals surface area contributed by atoms with Crippen LogP contribution in [0, 0.1) is 0 Å². The first kappa shape index (κ1) is 18.2. The summed E-state index contributed by atoms with van der Waals surface area (Å²) in [6.45, 7) is 13.3. The monoisotopic (exact) mass is 388 g/mol. The molecular weight excluding hydrogens is 368 g/mol. The minimum absolute atomic E-state index is 0.156. The summed E-state index contributed by atoms with van der Waals surface area (Å²) in [5, 5.41) is 4.03. The van der Waals surface area contributed by atoms with Crippen LogP contribution >= 0.6 is 15.9 Å². The van der Waals surface area contributed by atoms with Crippen LogP contribution in [0.5, 0.6) is 5.88 Å². The van der Waals surface area contributed by atoms with Gasteiger partial charge in [-0.3, -0.25) is 4.90 Å². The van der Waals surface area contributed by atoms with E-state index in [9.17, 15) is 0 Å². The summed E-state index contributed by atoms with van der Waals surface area (Å²) in [5.74, 6) is 1.08. The van der Waals surface area contributed by atoms with Crippen molar-refractivity contribution in [3.8, 4) is 5.88 Å². The molecule has 1 heterocycles. The molecular formula is C19H21BrN2O2. The lowest BCUT2D eigenvalue weighted by atomic mass is 10.2. The fourth-order valence-corrected chi connectivity index (χ4v) is 2.82. The van der Waals surface area contributed by atoms with E-state index < -0.39 is 0 Å². The van der Waals surface area contributed by atoms with Crippen molar-refractivity contribution in [2.75, 3.05) is 13.1 Å². The first-order valence-corrected chi connectivity index (χ1v) is 8.40. The van der Waals surface area contributed by atoms with E-state index in [1.807, 2.05) is 42.5 Å². The van der Waals surface area contributed by atoms with Gasteiger partial charge < -0.3 is 9.26 Å². The molecule has 0 aliphatic heterocycles. The molecule has 4 nitrogen and oxygen atoms in total. The van der Waals surface area contributed by atoms with Crippen LogP contribution in [0.2, 0.25) is 0 Å². The highest BCUT2D eigenvalue weighted by molar-refractivity contribution is 9.10. The molecule has 0 amide bonds. The molecule has 24 heavy (non-hydrogen) atoms. The van der Waals surface area contributed by atoms with E-state index in [1.165, 1.54) is 0 Å². The largest absolute Gasteiger partial charge is 0.470 e. The molecule has 0 saturated carbocycles. The average molecular weight is 389 g/mol. The third-order valence-electron chi connectivity index (χ3n) is 3.46. The maximum atomic E-state index is 5.75. The summed E-state index contributed by atoms with van der Waals surface area (Å²) in [6.07, 6.45) is 5.47. The second kappa shape index (κ2) is 9.25. The molecule has 0 aliphatic carbocycles. The fourth-order valence-electron chi connectivity index (χ4n) is 2.33. The summed E-state index contributed by atoms with van der Waals surface area (Å²) < 4.78 is 12.0. The molecule has 1 unspecified atom stereocenters. The van der Waals surface area contributed by atoms with Gasteiger partial charge in [-0.05, 0) is 26.7 Å². The maximum absolute atomic E-state index is 5.75. The number of benzene rings is 1. The molecule has 0 radical (unpaired) electrons. The third-order valence-corrected chi connectivity index (χ3v) is 4.19. The van der Waals surface area contributed by atoms with Crippen molar-refractivity contribution in [2.45, 2.75) is 12.6 Å². The van der Waals surface area contributed by atoms with Gasteiger partial charge in [0.15, 0.2) is 5.76 Å². The Kier molecular flexibility index (Phi) is 7.03. The van der Waals surface area contributed by atoms with Gasteiger partial charge >= 0.3 is 0 Å². The molecule has 2 aromatic rings. The number of aromatic nitrogens is 1. The Labute approximate surface area is 151 Å². The van der Waals surface area contributed by atoms with Gasteiger partial charge in [-0.15, -0.1) is 19.7 Å². The van der Waals surface area contributed by atoms with Crippen molar-refractivity contribution in [1.29, 1.82) is 0 Å². The Hall–Kier alpha value is -2.11. The van der Waals surface area contributed by atoms with Crippen LogP contribution in [0.1, 0.15) is 17.4 Å². The lowest BCUT2D eigenvalue weighted by molar-refractivity contribution is 0.226. The lowest BCUT2D eigenvalue weighted by Gasteiger charge is -2.25. The first-order chi connectivity index (χ1) is 11.7. The predicted molar refractivity (Wildman–Crippen MR) is 99.9 cm³/mol. The quantitative estimate of drug-likeness (QED) is 0.541. The number of halogens is 1. The van der Waals surface area contributed by atoms with E-state index >= 15 is 0 Å². The van der Waals surface area contributed by atoms with Gasteiger partial charge in [0.2, 0.25) is 0 Å². The predicted octanol–water partition coefficient (Wildman–Crippen LogP) is 4.92. The zero-order valence-corrected chi connectivity index (χ0v) is 15.1. The topological polar surface area (TPSA) is 38.5 Å². The number of rotatable bonds is 10. The number of hydrogen-bond donors (Lipinski definition) is 0. The van der Waals surface area contributed by atoms with Crippen molar-refractivity contribution >= 4 is 15.9 Å². The Balaban J connectivity index is 2.15. The van der Waals surface area contributed by atoms with Gasteiger partial charge in [0.1, 0.15) is 11.1 Å². The molecule has 126 valence electrons. The Bertz CT molecular complexity index is 672. The highest BCUT2D eigenvalue weighted by Gasteiger charge is 2.25. The van der Waals surface area contributed by atoms with Crippen molar-refractivity contribution in [3.63, 3.8) is 0 Å². The summed E-state index contributed by atoms with van der Waals surface area (Å²) in [5.41, 5.74) is 1.06. The van der Waals surface area contributed by atoms with E-state index in [4.69, 9.17) is 9.26 Å². The van der Waals surface area contributed by atoms with Gasteiger partial charge in [0.25, 0.3) is 5.88 Å². The highest BCUT2D eigenvalue weighted by atomic mass is 79.9. The molecule has 0 N–H and O–H groups in total. The lowest BCUT2D eigenvalue weighted by Crippen LogP contribution is -2.28. The van der Waals surface area contributed by atoms with E-state index in [0.29, 0.717) is 35.8 Å². The van der Waals surface area contributed by atoms with E-state index in [-0.39, 0.29) is 6.04 Å². The van der Waals surface area contributed by atoms with Crippen molar-refractivity contribution in [3.05, 3.63) is 84.1 Å². The Morgan fingerprint density at radius 1 is 1.17 bits per heavy atom. The molecule has 0 spiro atoms. The smallest absolute Gasteiger partial charge is 0.269 e. The van der Waals surface area contributed by atoms with E-state index in [1.54, 1.807) is 6.08 Å². The van der Waals surface area contributed by atoms with E-state index in [2.05, 4.69) is 45.7 Å². The summed E-state index contributed by atoms with van der Waals surface area (Å²) in [4.78, 5) is 2.11. The second-order valence-corrected chi connectivity index (χ2v) is 5.95. The first-order valence-electron chi connectivity index (χ1n) is 7.61. The average Bonchev–Trinajstić information content (AvgIpc) is 2.96. The number of nitrogens with zero attached hydrogens (tertiary/aromatic N) is 2. The third kappa shape index (κ3) is 4.46. The van der Waals surface area contributed by atoms with Crippen LogP contribution < -0.4 is 4.74 Å². The SMILES string of the molecule is C=CCN(CC=C)C(C=C)c1onc(OCc2ccccc2)c1Br. The van der Waals surface area contributed by atoms with Crippen LogP contribution in [0.25, 0.3) is 0 Å². The molecule has 0 fully saturated rings. The molecule has 1 aromatic heterocycles. The summed E-state index contributed by atoms with van der Waals surface area (Å²) in [7, 11) is 0. The minimum atomic E-state index is -0.156. The van der Waals surface area contributed by atoms with Gasteiger partial charge in [-0.2, -0.15) is 0 Å². The fraction of sp³-hybridized carbons (Fsp3) is 0.211. The van der Waals surface area contributed by atoms with Gasteiger partial charge in [0, 0.05) is 13.1 Å².